The fourth-order valence-corrected chi connectivity index (χ4v) is 3.52. The van der Waals surface area contributed by atoms with Crippen LogP contribution in [-0.2, 0) is 16.6 Å². The Morgan fingerprint density at radius 1 is 1.00 bits per heavy atom. The third kappa shape index (κ3) is 3.44. The molecule has 0 spiro atoms. The van der Waals surface area contributed by atoms with Crippen molar-refractivity contribution in [3.8, 4) is 0 Å². The molecule has 1 aliphatic rings. The molecule has 120 valence electrons. The third-order valence-corrected chi connectivity index (χ3v) is 4.83. The van der Waals surface area contributed by atoms with Gasteiger partial charge in [-0.15, -0.1) is 0 Å². The Morgan fingerprint density at radius 3 is 2.30 bits per heavy atom. The van der Waals surface area contributed by atoms with E-state index in [1.165, 1.54) is 12.1 Å². The highest BCUT2D eigenvalue weighted by Crippen LogP contribution is 2.41. The van der Waals surface area contributed by atoms with Gasteiger partial charge in [0.15, 0.2) is 0 Å². The fourth-order valence-electron chi connectivity index (χ4n) is 3.52. The summed E-state index contributed by atoms with van der Waals surface area (Å²) in [6, 6.07) is 16.6. The van der Waals surface area contributed by atoms with Gasteiger partial charge in [-0.3, -0.25) is 4.79 Å². The normalized spacial score (nSPS) is 16.2. The zero-order chi connectivity index (χ0) is 16.1. The van der Waals surface area contributed by atoms with Crippen LogP contribution in [0.25, 0.3) is 0 Å². The van der Waals surface area contributed by atoms with E-state index in [2.05, 4.69) is 17.4 Å². The van der Waals surface area contributed by atoms with Gasteiger partial charge in [0.25, 0.3) is 0 Å². The van der Waals surface area contributed by atoms with E-state index in [4.69, 9.17) is 0 Å². The van der Waals surface area contributed by atoms with Crippen LogP contribution in [-0.4, -0.2) is 12.5 Å². The first-order valence-corrected chi connectivity index (χ1v) is 8.29. The summed E-state index contributed by atoms with van der Waals surface area (Å²) in [7, 11) is 0. The van der Waals surface area contributed by atoms with E-state index in [1.54, 1.807) is 12.1 Å². The first kappa shape index (κ1) is 15.7. The van der Waals surface area contributed by atoms with Crippen LogP contribution in [0.4, 0.5) is 4.39 Å². The molecule has 1 saturated carbocycles. The smallest absolute Gasteiger partial charge is 0.230 e. The number of carbonyl (C=O) groups is 1. The second-order valence-corrected chi connectivity index (χ2v) is 6.29. The highest BCUT2D eigenvalue weighted by molar-refractivity contribution is 5.88. The lowest BCUT2D eigenvalue weighted by Gasteiger charge is -2.28. The molecule has 0 unspecified atom stereocenters. The molecule has 3 rings (SSSR count). The van der Waals surface area contributed by atoms with Crippen LogP contribution in [0.15, 0.2) is 54.6 Å². The van der Waals surface area contributed by atoms with E-state index in [0.29, 0.717) is 6.54 Å². The van der Waals surface area contributed by atoms with E-state index in [0.717, 1.165) is 43.2 Å². The highest BCUT2D eigenvalue weighted by Gasteiger charge is 2.42. The molecule has 23 heavy (non-hydrogen) atoms. The minimum Gasteiger partial charge on any atom is -0.355 e. The number of hydrogen-bond acceptors (Lipinski definition) is 1. The Kier molecular flexibility index (Phi) is 4.75. The van der Waals surface area contributed by atoms with Gasteiger partial charge in [-0.1, -0.05) is 55.3 Å². The highest BCUT2D eigenvalue weighted by atomic mass is 19.1. The van der Waals surface area contributed by atoms with Crippen LogP contribution >= 0.6 is 0 Å². The van der Waals surface area contributed by atoms with E-state index < -0.39 is 0 Å². The number of rotatable bonds is 5. The van der Waals surface area contributed by atoms with E-state index in [-0.39, 0.29) is 17.1 Å². The molecule has 2 aromatic rings. The maximum atomic E-state index is 12.9. The van der Waals surface area contributed by atoms with Gasteiger partial charge in [-0.2, -0.15) is 0 Å². The lowest BCUT2D eigenvalue weighted by molar-refractivity contribution is -0.126. The van der Waals surface area contributed by atoms with Crippen molar-refractivity contribution in [3.63, 3.8) is 0 Å². The van der Waals surface area contributed by atoms with E-state index in [9.17, 15) is 9.18 Å². The molecule has 1 aliphatic carbocycles. The van der Waals surface area contributed by atoms with Crippen LogP contribution < -0.4 is 5.32 Å². The molecule has 0 saturated heterocycles. The number of hydrogen-bond donors (Lipinski definition) is 1. The average molecular weight is 311 g/mol. The van der Waals surface area contributed by atoms with Crippen molar-refractivity contribution in [2.75, 3.05) is 6.54 Å². The van der Waals surface area contributed by atoms with Crippen molar-refractivity contribution < 1.29 is 9.18 Å². The van der Waals surface area contributed by atoms with Gasteiger partial charge in [-0.05, 0) is 42.5 Å². The molecule has 2 nitrogen and oxygen atoms in total. The number of amides is 1. The zero-order valence-corrected chi connectivity index (χ0v) is 13.2. The predicted molar refractivity (Wildman–Crippen MR) is 89.7 cm³/mol. The fraction of sp³-hybridized carbons (Fsp3) is 0.350. The van der Waals surface area contributed by atoms with Crippen molar-refractivity contribution in [2.45, 2.75) is 37.5 Å². The van der Waals surface area contributed by atoms with Crippen LogP contribution in [0.5, 0.6) is 0 Å². The maximum Gasteiger partial charge on any atom is 0.230 e. The maximum absolute atomic E-state index is 12.9. The molecule has 1 fully saturated rings. The zero-order valence-electron chi connectivity index (χ0n) is 13.2. The van der Waals surface area contributed by atoms with Crippen LogP contribution in [0.2, 0.25) is 0 Å². The molecule has 0 radical (unpaired) electrons. The summed E-state index contributed by atoms with van der Waals surface area (Å²) in [6.07, 6.45) is 4.75. The molecule has 0 atom stereocenters. The number of nitrogens with one attached hydrogen (secondary N) is 1. The van der Waals surface area contributed by atoms with Crippen LogP contribution in [0.3, 0.4) is 0 Å². The van der Waals surface area contributed by atoms with Crippen molar-refractivity contribution in [2.24, 2.45) is 0 Å². The van der Waals surface area contributed by atoms with Gasteiger partial charge < -0.3 is 5.32 Å². The van der Waals surface area contributed by atoms with Crippen molar-refractivity contribution in [3.05, 3.63) is 71.5 Å². The quantitative estimate of drug-likeness (QED) is 0.888. The molecule has 1 N–H and O–H groups in total. The minimum absolute atomic E-state index is 0.128. The second-order valence-electron chi connectivity index (χ2n) is 6.29. The standard InChI is InChI=1S/C20H22FNO/c21-18-10-8-16(9-11-18)12-15-22-19(23)20(13-4-5-14-20)17-6-2-1-3-7-17/h1-3,6-11H,4-5,12-15H2,(H,22,23). The molecular formula is C20H22FNO. The molecule has 0 aliphatic heterocycles. The summed E-state index contributed by atoms with van der Waals surface area (Å²) < 4.78 is 12.9. The first-order valence-electron chi connectivity index (χ1n) is 8.29. The summed E-state index contributed by atoms with van der Waals surface area (Å²) in [6.45, 7) is 0.582. The van der Waals surface area contributed by atoms with Crippen molar-refractivity contribution in [1.82, 2.24) is 5.32 Å². The lowest BCUT2D eigenvalue weighted by atomic mass is 9.78. The molecule has 2 aromatic carbocycles. The Morgan fingerprint density at radius 2 is 1.65 bits per heavy atom. The summed E-state index contributed by atoms with van der Waals surface area (Å²) in [4.78, 5) is 12.8. The topological polar surface area (TPSA) is 29.1 Å². The minimum atomic E-state index is -0.371. The lowest BCUT2D eigenvalue weighted by Crippen LogP contribution is -2.43. The number of carbonyl (C=O) groups excluding carboxylic acids is 1. The van der Waals surface area contributed by atoms with Gasteiger partial charge in [0.2, 0.25) is 5.91 Å². The summed E-state index contributed by atoms with van der Waals surface area (Å²) in [5.41, 5.74) is 1.79. The second kappa shape index (κ2) is 6.95. The van der Waals surface area contributed by atoms with Gasteiger partial charge in [0.1, 0.15) is 5.82 Å². The summed E-state index contributed by atoms with van der Waals surface area (Å²) in [5.74, 6) is -0.102. The van der Waals surface area contributed by atoms with Crippen LogP contribution in [0.1, 0.15) is 36.8 Å². The predicted octanol–water partition coefficient (Wildman–Crippen LogP) is 4.00. The number of halogens is 1. The number of benzene rings is 2. The van der Waals surface area contributed by atoms with Gasteiger partial charge in [-0.25, -0.2) is 4.39 Å². The van der Waals surface area contributed by atoms with Crippen LogP contribution in [0, 0.1) is 5.82 Å². The summed E-state index contributed by atoms with van der Waals surface area (Å²) in [5, 5.41) is 3.09. The summed E-state index contributed by atoms with van der Waals surface area (Å²) >= 11 is 0. The molecule has 0 bridgehead atoms. The molecule has 0 heterocycles. The SMILES string of the molecule is O=C(NCCc1ccc(F)cc1)C1(c2ccccc2)CCCC1. The largest absolute Gasteiger partial charge is 0.355 e. The van der Waals surface area contributed by atoms with Gasteiger partial charge in [0.05, 0.1) is 5.41 Å². The monoisotopic (exact) mass is 311 g/mol. The first-order chi connectivity index (χ1) is 11.2. The van der Waals surface area contributed by atoms with Gasteiger partial charge >= 0.3 is 0 Å². The molecular weight excluding hydrogens is 289 g/mol. The Hall–Kier alpha value is -2.16. The van der Waals surface area contributed by atoms with E-state index in [1.807, 2.05) is 18.2 Å². The van der Waals surface area contributed by atoms with Crippen molar-refractivity contribution in [1.29, 1.82) is 0 Å². The van der Waals surface area contributed by atoms with Crippen molar-refractivity contribution >= 4 is 5.91 Å². The Labute approximate surface area is 136 Å². The average Bonchev–Trinajstić information content (AvgIpc) is 3.08. The third-order valence-electron chi connectivity index (χ3n) is 4.83. The molecule has 0 aromatic heterocycles. The Balaban J connectivity index is 1.64. The Bertz CT molecular complexity index is 645. The molecule has 1 amide bonds. The van der Waals surface area contributed by atoms with E-state index >= 15 is 0 Å². The van der Waals surface area contributed by atoms with Gasteiger partial charge in [0, 0.05) is 6.54 Å². The molecule has 3 heteroatoms.